The summed E-state index contributed by atoms with van der Waals surface area (Å²) in [7, 11) is -3.87. The minimum absolute atomic E-state index is 0.0841. The molecule has 0 spiro atoms. The van der Waals surface area contributed by atoms with Crippen LogP contribution in [-0.2, 0) is 19.5 Å². The van der Waals surface area contributed by atoms with Gasteiger partial charge in [0.05, 0.1) is 26.0 Å². The van der Waals surface area contributed by atoms with E-state index in [9.17, 15) is 13.2 Å². The van der Waals surface area contributed by atoms with E-state index < -0.39 is 16.0 Å². The molecule has 0 saturated heterocycles. The number of carbonyl (C=O) groups excluding carboxylic acids is 1. The Balaban J connectivity index is 2.60. The quantitative estimate of drug-likeness (QED) is 0.368. The first-order chi connectivity index (χ1) is 10.0. The molecule has 0 aromatic carbocycles. The Morgan fingerprint density at radius 1 is 1.52 bits per heavy atom. The zero-order valence-electron chi connectivity index (χ0n) is 11.8. The molecule has 2 N–H and O–H groups in total. The van der Waals surface area contributed by atoms with E-state index in [1.54, 1.807) is 13.0 Å². The maximum absolute atomic E-state index is 12.0. The van der Waals surface area contributed by atoms with Crippen molar-refractivity contribution >= 4 is 16.0 Å². The average molecular weight is 317 g/mol. The van der Waals surface area contributed by atoms with Gasteiger partial charge in [0.25, 0.3) is 10.0 Å². The number of rotatable bonds is 10. The lowest BCUT2D eigenvalue weighted by molar-refractivity contribution is 0.0522. The number of carbonyl (C=O) groups is 1. The number of aromatic amines is 1. The third-order valence-corrected chi connectivity index (χ3v) is 3.81. The van der Waals surface area contributed by atoms with Crippen molar-refractivity contribution in [2.45, 2.75) is 18.4 Å². The second-order valence-corrected chi connectivity index (χ2v) is 5.62. The van der Waals surface area contributed by atoms with Crippen LogP contribution in [0.15, 0.2) is 23.9 Å². The van der Waals surface area contributed by atoms with Crippen LogP contribution in [0.4, 0.5) is 0 Å². The summed E-state index contributed by atoms with van der Waals surface area (Å²) < 4.78 is 36.4. The van der Waals surface area contributed by atoms with Gasteiger partial charge in [-0.15, -0.1) is 6.58 Å². The molecule has 0 aliphatic rings. The second-order valence-electron chi connectivity index (χ2n) is 3.92. The van der Waals surface area contributed by atoms with Gasteiger partial charge < -0.3 is 9.47 Å². The summed E-state index contributed by atoms with van der Waals surface area (Å²) >= 11 is 0. The molecule has 118 valence electrons. The maximum atomic E-state index is 12.0. The van der Waals surface area contributed by atoms with Gasteiger partial charge in [-0.25, -0.2) is 17.9 Å². The second kappa shape index (κ2) is 8.55. The number of nitrogens with zero attached hydrogens (tertiary/aromatic N) is 1. The molecule has 9 heteroatoms. The zero-order chi connectivity index (χ0) is 15.7. The molecule has 0 aliphatic carbocycles. The number of ether oxygens (including phenoxy) is 2. The summed E-state index contributed by atoms with van der Waals surface area (Å²) in [6.07, 6.45) is 3.52. The van der Waals surface area contributed by atoms with Crippen molar-refractivity contribution in [1.82, 2.24) is 14.9 Å². The van der Waals surface area contributed by atoms with Crippen LogP contribution in [0.1, 0.15) is 23.7 Å². The number of H-pyrrole nitrogens is 1. The first-order valence-electron chi connectivity index (χ1n) is 6.41. The van der Waals surface area contributed by atoms with Crippen molar-refractivity contribution in [3.05, 3.63) is 24.4 Å². The number of aromatic nitrogens is 2. The van der Waals surface area contributed by atoms with Gasteiger partial charge in [0.2, 0.25) is 0 Å². The minimum atomic E-state index is -3.87. The Morgan fingerprint density at radius 3 is 2.95 bits per heavy atom. The summed E-state index contributed by atoms with van der Waals surface area (Å²) in [6, 6.07) is 0. The molecule has 1 rings (SSSR count). The number of esters is 1. The van der Waals surface area contributed by atoms with Crippen LogP contribution in [0.5, 0.6) is 0 Å². The fourth-order valence-electron chi connectivity index (χ4n) is 1.42. The SMILES string of the molecule is C=CCCOCCNS(=O)(=O)c1[nH]ncc1C(=O)OCC. The Labute approximate surface area is 123 Å². The highest BCUT2D eigenvalue weighted by atomic mass is 32.2. The minimum Gasteiger partial charge on any atom is -0.462 e. The molecular formula is C12H19N3O5S. The van der Waals surface area contributed by atoms with E-state index >= 15 is 0 Å². The van der Waals surface area contributed by atoms with Crippen LogP contribution in [0.2, 0.25) is 0 Å². The highest BCUT2D eigenvalue weighted by Crippen LogP contribution is 2.12. The van der Waals surface area contributed by atoms with Crippen LogP contribution in [0, 0.1) is 0 Å². The molecule has 0 fully saturated rings. The summed E-state index contributed by atoms with van der Waals surface area (Å²) in [5, 5.41) is 5.55. The molecule has 0 aliphatic heterocycles. The fraction of sp³-hybridized carbons (Fsp3) is 0.500. The average Bonchev–Trinajstić information content (AvgIpc) is 2.93. The summed E-state index contributed by atoms with van der Waals surface area (Å²) in [5.74, 6) is -0.742. The Bertz CT molecular complexity index is 567. The lowest BCUT2D eigenvalue weighted by Gasteiger charge is -2.07. The predicted octanol–water partition coefficient (Wildman–Crippen LogP) is 0.457. The van der Waals surface area contributed by atoms with Gasteiger partial charge in [-0.3, -0.25) is 5.10 Å². The monoisotopic (exact) mass is 317 g/mol. The Kier molecular flexibility index (Phi) is 7.06. The fourth-order valence-corrected chi connectivity index (χ4v) is 2.52. The van der Waals surface area contributed by atoms with E-state index in [1.165, 1.54) is 0 Å². The molecule has 0 saturated carbocycles. The number of hydrogen-bond donors (Lipinski definition) is 2. The molecule has 0 unspecified atom stereocenters. The third kappa shape index (κ3) is 5.29. The number of sulfonamides is 1. The van der Waals surface area contributed by atoms with Crippen molar-refractivity contribution in [3.63, 3.8) is 0 Å². The summed E-state index contributed by atoms with van der Waals surface area (Å²) in [6.45, 7) is 6.10. The zero-order valence-corrected chi connectivity index (χ0v) is 12.6. The van der Waals surface area contributed by atoms with Crippen molar-refractivity contribution < 1.29 is 22.7 Å². The Morgan fingerprint density at radius 2 is 2.29 bits per heavy atom. The van der Waals surface area contributed by atoms with Crippen molar-refractivity contribution in [2.24, 2.45) is 0 Å². The van der Waals surface area contributed by atoms with Crippen molar-refractivity contribution in [3.8, 4) is 0 Å². The lowest BCUT2D eigenvalue weighted by Crippen LogP contribution is -2.29. The summed E-state index contributed by atoms with van der Waals surface area (Å²) in [4.78, 5) is 11.6. The highest BCUT2D eigenvalue weighted by molar-refractivity contribution is 7.89. The van der Waals surface area contributed by atoms with Gasteiger partial charge in [-0.05, 0) is 13.3 Å². The molecule has 8 nitrogen and oxygen atoms in total. The van der Waals surface area contributed by atoms with E-state index in [0.29, 0.717) is 13.0 Å². The standard InChI is InChI=1S/C12H19N3O5S/c1-3-5-7-19-8-6-14-21(17,18)11-10(9-13-15-11)12(16)20-4-2/h3,9,14H,1,4-8H2,2H3,(H,13,15). The molecule has 1 heterocycles. The molecule has 1 aromatic rings. The molecule has 0 atom stereocenters. The van der Waals surface area contributed by atoms with Gasteiger partial charge in [0.15, 0.2) is 5.03 Å². The van der Waals surface area contributed by atoms with Gasteiger partial charge >= 0.3 is 5.97 Å². The van der Waals surface area contributed by atoms with Gasteiger partial charge in [0, 0.05) is 6.54 Å². The molecule has 0 amide bonds. The first-order valence-corrected chi connectivity index (χ1v) is 7.90. The lowest BCUT2D eigenvalue weighted by atomic mass is 10.4. The van der Waals surface area contributed by atoms with Gasteiger partial charge in [-0.1, -0.05) is 6.08 Å². The number of nitrogens with one attached hydrogen (secondary N) is 2. The molecule has 0 radical (unpaired) electrons. The van der Waals surface area contributed by atoms with E-state index in [1.807, 2.05) is 0 Å². The van der Waals surface area contributed by atoms with Crippen LogP contribution in [0.25, 0.3) is 0 Å². The largest absolute Gasteiger partial charge is 0.462 e. The van der Waals surface area contributed by atoms with Gasteiger partial charge in [-0.2, -0.15) is 5.10 Å². The van der Waals surface area contributed by atoms with Gasteiger partial charge in [0.1, 0.15) is 5.56 Å². The highest BCUT2D eigenvalue weighted by Gasteiger charge is 2.25. The molecule has 1 aromatic heterocycles. The van der Waals surface area contributed by atoms with E-state index in [4.69, 9.17) is 9.47 Å². The molecule has 21 heavy (non-hydrogen) atoms. The van der Waals surface area contributed by atoms with Crippen LogP contribution >= 0.6 is 0 Å². The smallest absolute Gasteiger partial charge is 0.342 e. The predicted molar refractivity (Wildman–Crippen MR) is 75.4 cm³/mol. The number of hydrogen-bond acceptors (Lipinski definition) is 6. The van der Waals surface area contributed by atoms with E-state index in [2.05, 4.69) is 21.5 Å². The van der Waals surface area contributed by atoms with Crippen LogP contribution in [-0.4, -0.2) is 50.9 Å². The molecular weight excluding hydrogens is 298 g/mol. The van der Waals surface area contributed by atoms with Crippen molar-refractivity contribution in [1.29, 1.82) is 0 Å². The molecule has 0 bridgehead atoms. The van der Waals surface area contributed by atoms with E-state index in [-0.39, 0.29) is 30.3 Å². The topological polar surface area (TPSA) is 110 Å². The Hall–Kier alpha value is -1.71. The van der Waals surface area contributed by atoms with Crippen LogP contribution < -0.4 is 4.72 Å². The third-order valence-electron chi connectivity index (χ3n) is 2.37. The summed E-state index contributed by atoms with van der Waals surface area (Å²) in [5.41, 5.74) is -0.128. The van der Waals surface area contributed by atoms with Crippen LogP contribution in [0.3, 0.4) is 0 Å². The first kappa shape index (κ1) is 17.3. The van der Waals surface area contributed by atoms with E-state index in [0.717, 1.165) is 6.20 Å². The maximum Gasteiger partial charge on any atom is 0.342 e. The normalized spacial score (nSPS) is 11.3. The van der Waals surface area contributed by atoms with Crippen molar-refractivity contribution in [2.75, 3.05) is 26.4 Å².